The van der Waals surface area contributed by atoms with Crippen LogP contribution in [-0.4, -0.2) is 74.9 Å². The molecule has 0 aliphatic rings. The molecule has 0 aromatic carbocycles. The molecule has 0 heterocycles. The Bertz CT molecular complexity index is 2140. The van der Waals surface area contributed by atoms with Crippen LogP contribution in [0.3, 0.4) is 0 Å². The van der Waals surface area contributed by atoms with E-state index >= 15 is 0 Å². The highest BCUT2D eigenvalue weighted by Gasteiger charge is 2.27. The van der Waals surface area contributed by atoms with Crippen molar-refractivity contribution in [3.63, 3.8) is 0 Å². The second-order valence-electron chi connectivity index (χ2n) is 30.2. The maximum atomic E-state index is 12.9. The van der Waals surface area contributed by atoms with Gasteiger partial charge in [-0.3, -0.25) is 18.6 Å². The first-order valence-electron chi connectivity index (χ1n) is 43.3. The van der Waals surface area contributed by atoms with Gasteiger partial charge in [0.25, 0.3) is 0 Å². The quantitative estimate of drug-likeness (QED) is 0.0211. The number of hydrogen-bond donors (Lipinski definition) is 1. The minimum Gasteiger partial charge on any atom is -0.462 e. The maximum absolute atomic E-state index is 12.9. The molecular weight excluding hydrogens is 1280 g/mol. The summed E-state index contributed by atoms with van der Waals surface area (Å²) in [7, 11) is 1.49. The van der Waals surface area contributed by atoms with E-state index in [4.69, 9.17) is 18.5 Å². The van der Waals surface area contributed by atoms with Gasteiger partial charge < -0.3 is 18.9 Å². The molecule has 0 saturated carbocycles. The van der Waals surface area contributed by atoms with Crippen molar-refractivity contribution in [1.29, 1.82) is 0 Å². The first-order chi connectivity index (χ1) is 50.0. The first kappa shape index (κ1) is 98.4. The summed E-state index contributed by atoms with van der Waals surface area (Å²) in [6, 6.07) is 0. The van der Waals surface area contributed by atoms with Crippen LogP contribution in [0.5, 0.6) is 0 Å². The van der Waals surface area contributed by atoms with Gasteiger partial charge in [-0.25, -0.2) is 4.57 Å². The van der Waals surface area contributed by atoms with E-state index in [0.717, 1.165) is 89.9 Å². The molecule has 0 amide bonds. The summed E-state index contributed by atoms with van der Waals surface area (Å²) >= 11 is 0. The highest BCUT2D eigenvalue weighted by Crippen LogP contribution is 2.43. The molecule has 0 fully saturated rings. The van der Waals surface area contributed by atoms with Gasteiger partial charge in [0.05, 0.1) is 27.7 Å². The summed E-state index contributed by atoms with van der Waals surface area (Å²) in [5.74, 6) is -0.780. The molecule has 102 heavy (non-hydrogen) atoms. The standard InChI is InChI=1S/C92H164NO8P/c1-6-8-10-12-14-16-18-20-22-24-26-28-30-32-34-36-38-40-42-44-45-46-47-49-51-53-55-57-59-61-63-65-67-69-71-73-75-77-79-81-83-85-92(95)101-90(89-100-102(96,97)99-87-86-93(3,4)5)88-98-91(94)84-82-80-78-76-74-72-70-68-66-64-62-60-58-56-54-52-50-48-43-41-39-37-35-33-31-29-27-25-23-21-19-17-15-13-11-9-7-2/h8,10,14,16,19-22,25-28,31-34,38,40,44-45,90H,6-7,9,11-13,15,17-18,23-24,29-30,35-37,39,41-43,46-89H2,1-5H3/p+1/b10-8-,16-14-,21-19-,22-20-,27-25-,28-26-,33-31-,34-32-,40-38-,45-44-. The Morgan fingerprint density at radius 2 is 0.559 bits per heavy atom. The maximum Gasteiger partial charge on any atom is 0.472 e. The SMILES string of the molecule is CC/C=C\C/C=C\C/C=C\C/C=C\C/C=C\C/C=C\C/C=C\CCCCCCCCCCCCCCCCCCCCCC(=O)OC(COC(=O)CCCCCCCCCCCCCCCCCCCCCCCC/C=C\C/C=C\C/C=C\CCCCCCC)COP(=O)(O)OCC[N+](C)(C)C. The van der Waals surface area contributed by atoms with Crippen molar-refractivity contribution >= 4 is 19.8 Å². The lowest BCUT2D eigenvalue weighted by Crippen LogP contribution is -2.37. The smallest absolute Gasteiger partial charge is 0.462 e. The molecule has 0 aliphatic carbocycles. The van der Waals surface area contributed by atoms with E-state index in [1.807, 2.05) is 21.1 Å². The normalized spacial score (nSPS) is 13.6. The van der Waals surface area contributed by atoms with Gasteiger partial charge in [-0.1, -0.05) is 399 Å². The zero-order valence-electron chi connectivity index (χ0n) is 67.6. The molecule has 0 aromatic rings. The van der Waals surface area contributed by atoms with Crippen LogP contribution in [0.2, 0.25) is 0 Å². The number of carbonyl (C=O) groups is 2. The third kappa shape index (κ3) is 85.3. The van der Waals surface area contributed by atoms with Gasteiger partial charge in [0.1, 0.15) is 19.8 Å². The lowest BCUT2D eigenvalue weighted by atomic mass is 10.0. The van der Waals surface area contributed by atoms with Gasteiger partial charge in [0.2, 0.25) is 0 Å². The van der Waals surface area contributed by atoms with Gasteiger partial charge in [-0.05, 0) is 109 Å². The van der Waals surface area contributed by atoms with E-state index < -0.39 is 26.5 Å². The predicted molar refractivity (Wildman–Crippen MR) is 445 cm³/mol. The molecular formula is C92H165NO8P+. The minimum absolute atomic E-state index is 0.0310. The third-order valence-corrected chi connectivity index (χ3v) is 20.0. The summed E-state index contributed by atoms with van der Waals surface area (Å²) < 4.78 is 34.9. The average molecular weight is 1440 g/mol. The Hall–Kier alpha value is -3.59. The van der Waals surface area contributed by atoms with Crippen molar-refractivity contribution in [2.75, 3.05) is 47.5 Å². The molecule has 0 saturated heterocycles. The van der Waals surface area contributed by atoms with E-state index in [2.05, 4.69) is 135 Å². The molecule has 9 nitrogen and oxygen atoms in total. The van der Waals surface area contributed by atoms with Crippen LogP contribution in [0.15, 0.2) is 122 Å². The number of phosphoric acid groups is 1. The number of esters is 2. The van der Waals surface area contributed by atoms with Crippen LogP contribution >= 0.6 is 7.82 Å². The minimum atomic E-state index is -4.40. The van der Waals surface area contributed by atoms with Gasteiger partial charge in [0, 0.05) is 12.8 Å². The molecule has 1 N–H and O–H groups in total. The summed E-state index contributed by atoms with van der Waals surface area (Å²) in [6.45, 7) is 4.36. The van der Waals surface area contributed by atoms with Crippen molar-refractivity contribution in [2.45, 2.75) is 405 Å². The number of quaternary nitrogens is 1. The lowest BCUT2D eigenvalue weighted by molar-refractivity contribution is -0.870. The monoisotopic (exact) mass is 1440 g/mol. The number of nitrogens with zero attached hydrogens (tertiary/aromatic N) is 1. The average Bonchev–Trinajstić information content (AvgIpc) is 0.916. The molecule has 0 radical (unpaired) electrons. The van der Waals surface area contributed by atoms with Crippen LogP contribution in [-0.2, 0) is 32.7 Å². The fourth-order valence-corrected chi connectivity index (χ4v) is 13.2. The van der Waals surface area contributed by atoms with Crippen LogP contribution in [0.1, 0.15) is 399 Å². The molecule has 10 heteroatoms. The summed E-state index contributed by atoms with van der Waals surface area (Å²) in [4.78, 5) is 36.1. The number of rotatable bonds is 80. The molecule has 0 bridgehead atoms. The number of likely N-dealkylation sites (N-methyl/N-ethyl adjacent to an activating group) is 1. The summed E-state index contributed by atoms with van der Waals surface area (Å²) in [5.41, 5.74) is 0. The number of unbranched alkanes of at least 4 members (excludes halogenated alkanes) is 46. The van der Waals surface area contributed by atoms with E-state index in [1.54, 1.807) is 0 Å². The van der Waals surface area contributed by atoms with Crippen molar-refractivity contribution in [2.24, 2.45) is 0 Å². The zero-order valence-corrected chi connectivity index (χ0v) is 68.5. The first-order valence-corrected chi connectivity index (χ1v) is 44.8. The third-order valence-electron chi connectivity index (χ3n) is 19.0. The highest BCUT2D eigenvalue weighted by atomic mass is 31.2. The van der Waals surface area contributed by atoms with E-state index in [1.165, 1.54) is 276 Å². The Kier molecular flexibility index (Phi) is 78.6. The number of allylic oxidation sites excluding steroid dienone is 20. The lowest BCUT2D eigenvalue weighted by Gasteiger charge is -2.24. The van der Waals surface area contributed by atoms with Crippen molar-refractivity contribution in [3.05, 3.63) is 122 Å². The van der Waals surface area contributed by atoms with E-state index in [0.29, 0.717) is 23.9 Å². The molecule has 590 valence electrons. The summed E-state index contributed by atoms with van der Waals surface area (Å²) in [6.07, 6.45) is 118. The number of carbonyl (C=O) groups excluding carboxylic acids is 2. The number of hydrogen-bond acceptors (Lipinski definition) is 7. The Morgan fingerprint density at radius 3 is 0.833 bits per heavy atom. The van der Waals surface area contributed by atoms with Gasteiger partial charge in [-0.2, -0.15) is 0 Å². The van der Waals surface area contributed by atoms with Gasteiger partial charge >= 0.3 is 19.8 Å². The van der Waals surface area contributed by atoms with Gasteiger partial charge in [0.15, 0.2) is 6.10 Å². The summed E-state index contributed by atoms with van der Waals surface area (Å²) in [5, 5.41) is 0. The molecule has 0 rings (SSSR count). The Balaban J connectivity index is 3.91. The van der Waals surface area contributed by atoms with Crippen LogP contribution < -0.4 is 0 Å². The largest absolute Gasteiger partial charge is 0.472 e. The van der Waals surface area contributed by atoms with E-state index in [9.17, 15) is 19.0 Å². The molecule has 0 spiro atoms. The number of ether oxygens (including phenoxy) is 2. The van der Waals surface area contributed by atoms with Crippen molar-refractivity contribution in [3.8, 4) is 0 Å². The van der Waals surface area contributed by atoms with Crippen molar-refractivity contribution in [1.82, 2.24) is 0 Å². The fraction of sp³-hybridized carbons (Fsp3) is 0.761. The van der Waals surface area contributed by atoms with Crippen molar-refractivity contribution < 1.29 is 42.1 Å². The number of phosphoric ester groups is 1. The molecule has 0 aliphatic heterocycles. The molecule has 0 aromatic heterocycles. The zero-order chi connectivity index (χ0) is 74.0. The highest BCUT2D eigenvalue weighted by molar-refractivity contribution is 7.47. The Labute approximate surface area is 632 Å². The Morgan fingerprint density at radius 1 is 0.314 bits per heavy atom. The van der Waals surface area contributed by atoms with Crippen LogP contribution in [0, 0.1) is 0 Å². The predicted octanol–water partition coefficient (Wildman–Crippen LogP) is 29.3. The van der Waals surface area contributed by atoms with Crippen LogP contribution in [0.25, 0.3) is 0 Å². The topological polar surface area (TPSA) is 108 Å². The fourth-order valence-electron chi connectivity index (χ4n) is 12.4. The second-order valence-corrected chi connectivity index (χ2v) is 31.6. The van der Waals surface area contributed by atoms with E-state index in [-0.39, 0.29) is 25.6 Å². The van der Waals surface area contributed by atoms with Gasteiger partial charge in [-0.15, -0.1) is 0 Å². The second kappa shape index (κ2) is 81.5. The molecule has 2 unspecified atom stereocenters. The molecule has 2 atom stereocenters. The van der Waals surface area contributed by atoms with Crippen LogP contribution in [0.4, 0.5) is 0 Å².